The Balaban J connectivity index is 1.44. The van der Waals surface area contributed by atoms with Gasteiger partial charge in [0.2, 0.25) is 5.91 Å². The second kappa shape index (κ2) is 7.90. The van der Waals surface area contributed by atoms with Crippen LogP contribution in [0, 0.1) is 18.8 Å². The second-order valence-corrected chi connectivity index (χ2v) is 10.4. The maximum absolute atomic E-state index is 13.0. The predicted octanol–water partition coefficient (Wildman–Crippen LogP) is 2.51. The van der Waals surface area contributed by atoms with Gasteiger partial charge in [-0.15, -0.1) is 11.3 Å². The predicted molar refractivity (Wildman–Crippen MR) is 107 cm³/mol. The number of carbonyl (C=O) groups excluding carboxylic acids is 1. The van der Waals surface area contributed by atoms with E-state index in [1.165, 1.54) is 11.3 Å². The molecule has 0 aromatic carbocycles. The van der Waals surface area contributed by atoms with Crippen molar-refractivity contribution in [2.45, 2.75) is 30.1 Å². The summed E-state index contributed by atoms with van der Waals surface area (Å²) in [4.78, 5) is 16.6. The number of rotatable bonds is 4. The van der Waals surface area contributed by atoms with Crippen LogP contribution in [0.2, 0.25) is 0 Å². The fraction of sp³-hybridized carbons (Fsp3) is 0.474. The lowest BCUT2D eigenvalue weighted by Crippen LogP contribution is -2.51. The molecule has 1 N–H and O–H groups in total. The zero-order valence-corrected chi connectivity index (χ0v) is 17.2. The molecule has 2 saturated heterocycles. The summed E-state index contributed by atoms with van der Waals surface area (Å²) in [7, 11) is -3.50. The number of sulfonamides is 1. The van der Waals surface area contributed by atoms with Gasteiger partial charge in [0, 0.05) is 19.3 Å². The van der Waals surface area contributed by atoms with Crippen LogP contribution in [-0.2, 0) is 19.6 Å². The third kappa shape index (κ3) is 3.84. The fourth-order valence-electron chi connectivity index (χ4n) is 3.92. The van der Waals surface area contributed by atoms with Gasteiger partial charge in [-0.05, 0) is 54.8 Å². The van der Waals surface area contributed by atoms with Crippen LogP contribution in [0.3, 0.4) is 0 Å². The van der Waals surface area contributed by atoms with Crippen LogP contribution >= 0.6 is 11.3 Å². The van der Waals surface area contributed by atoms with Crippen LogP contribution in [0.1, 0.15) is 18.4 Å². The number of aryl methyl sites for hydroxylation is 1. The molecule has 3 atom stereocenters. The van der Waals surface area contributed by atoms with Gasteiger partial charge < -0.3 is 10.1 Å². The minimum atomic E-state index is -3.50. The lowest BCUT2D eigenvalue weighted by Gasteiger charge is -2.42. The van der Waals surface area contributed by atoms with Crippen molar-refractivity contribution in [3.8, 4) is 0 Å². The Kier molecular flexibility index (Phi) is 5.50. The summed E-state index contributed by atoms with van der Waals surface area (Å²) in [6.45, 7) is 3.02. The van der Waals surface area contributed by atoms with E-state index < -0.39 is 10.0 Å². The molecule has 0 saturated carbocycles. The number of piperidine rings is 1. The average Bonchev–Trinajstić information content (AvgIpc) is 3.14. The Hall–Kier alpha value is -1.81. The van der Waals surface area contributed by atoms with E-state index in [0.717, 1.165) is 5.56 Å². The molecular weight excluding hydrogens is 398 g/mol. The molecule has 0 unspecified atom stereocenters. The normalized spacial score (nSPS) is 25.8. The Bertz CT molecular complexity index is 945. The number of fused-ring (bicyclic) bond motifs is 1. The summed E-state index contributed by atoms with van der Waals surface area (Å²) >= 11 is 1.26. The first-order valence-electron chi connectivity index (χ1n) is 9.32. The van der Waals surface area contributed by atoms with Crippen LogP contribution in [0.15, 0.2) is 40.2 Å². The number of anilines is 1. The third-order valence-electron chi connectivity index (χ3n) is 5.41. The van der Waals surface area contributed by atoms with Crippen molar-refractivity contribution in [1.29, 1.82) is 0 Å². The number of aromatic nitrogens is 1. The number of nitrogens with zero attached hydrogens (tertiary/aromatic N) is 2. The molecule has 0 aliphatic carbocycles. The van der Waals surface area contributed by atoms with Crippen LogP contribution < -0.4 is 5.32 Å². The highest BCUT2D eigenvalue weighted by Gasteiger charge is 2.41. The summed E-state index contributed by atoms with van der Waals surface area (Å²) in [5.41, 5.74) is 1.43. The van der Waals surface area contributed by atoms with Crippen LogP contribution in [0.25, 0.3) is 0 Å². The molecule has 150 valence electrons. The maximum atomic E-state index is 13.0. The lowest BCUT2D eigenvalue weighted by molar-refractivity contribution is -0.132. The number of amides is 1. The number of pyridine rings is 1. The molecule has 4 rings (SSSR count). The van der Waals surface area contributed by atoms with Crippen molar-refractivity contribution in [2.75, 3.05) is 25.0 Å². The molecule has 28 heavy (non-hydrogen) atoms. The van der Waals surface area contributed by atoms with Crippen molar-refractivity contribution < 1.29 is 17.9 Å². The van der Waals surface area contributed by atoms with Crippen molar-refractivity contribution in [3.63, 3.8) is 0 Å². The van der Waals surface area contributed by atoms with E-state index in [1.54, 1.807) is 34.2 Å². The van der Waals surface area contributed by atoms with Crippen LogP contribution in [0.4, 0.5) is 5.69 Å². The molecule has 2 aliphatic heterocycles. The minimum Gasteiger partial charge on any atom is -0.377 e. The summed E-state index contributed by atoms with van der Waals surface area (Å²) in [6.07, 6.45) is 4.54. The highest BCUT2D eigenvalue weighted by Crippen LogP contribution is 2.35. The largest absolute Gasteiger partial charge is 0.377 e. The molecule has 0 spiro atoms. The van der Waals surface area contributed by atoms with Gasteiger partial charge >= 0.3 is 0 Å². The van der Waals surface area contributed by atoms with Gasteiger partial charge in [0.15, 0.2) is 0 Å². The monoisotopic (exact) mass is 421 g/mol. The molecular formula is C19H23N3O4S2. The molecule has 1 amide bonds. The molecule has 0 radical (unpaired) electrons. The number of carbonyl (C=O) groups is 1. The summed E-state index contributed by atoms with van der Waals surface area (Å²) in [5, 5.41) is 4.67. The van der Waals surface area contributed by atoms with E-state index in [0.29, 0.717) is 42.4 Å². The fourth-order valence-corrected chi connectivity index (χ4v) is 6.98. The van der Waals surface area contributed by atoms with Gasteiger partial charge in [0.25, 0.3) is 10.0 Å². The Morgan fingerprint density at radius 2 is 2.25 bits per heavy atom. The first kappa shape index (κ1) is 19.5. The Labute approximate surface area is 168 Å². The van der Waals surface area contributed by atoms with E-state index in [2.05, 4.69) is 10.3 Å². The third-order valence-corrected chi connectivity index (χ3v) is 8.95. The molecule has 0 bridgehead atoms. The van der Waals surface area contributed by atoms with E-state index in [-0.39, 0.29) is 23.8 Å². The molecule has 2 aliphatic rings. The van der Waals surface area contributed by atoms with Crippen molar-refractivity contribution >= 4 is 33.0 Å². The topological polar surface area (TPSA) is 88.6 Å². The second-order valence-electron chi connectivity index (χ2n) is 7.34. The number of hydrogen-bond donors (Lipinski definition) is 1. The van der Waals surface area contributed by atoms with E-state index >= 15 is 0 Å². The van der Waals surface area contributed by atoms with Crippen LogP contribution in [0.5, 0.6) is 0 Å². The van der Waals surface area contributed by atoms with Gasteiger partial charge in [-0.3, -0.25) is 9.78 Å². The molecule has 2 aromatic rings. The van der Waals surface area contributed by atoms with Gasteiger partial charge in [-0.25, -0.2) is 8.42 Å². The number of thiophene rings is 1. The van der Waals surface area contributed by atoms with Crippen molar-refractivity contribution in [3.05, 3.63) is 41.5 Å². The van der Waals surface area contributed by atoms with E-state index in [9.17, 15) is 13.2 Å². The molecule has 2 fully saturated rings. The number of nitrogens with one attached hydrogen (secondary N) is 1. The lowest BCUT2D eigenvalue weighted by atomic mass is 9.84. The van der Waals surface area contributed by atoms with Crippen molar-refractivity contribution in [2.24, 2.45) is 11.8 Å². The SMILES string of the molecule is Cc1ccsc1S(=O)(=O)N1CC[C@H]2OC[C@@H](C(=O)Nc3cccnc3)C[C@H]2C1. The highest BCUT2D eigenvalue weighted by molar-refractivity contribution is 7.91. The zero-order valence-electron chi connectivity index (χ0n) is 15.6. The van der Waals surface area contributed by atoms with Gasteiger partial charge in [-0.2, -0.15) is 4.31 Å². The summed E-state index contributed by atoms with van der Waals surface area (Å²) < 4.78 is 33.9. The summed E-state index contributed by atoms with van der Waals surface area (Å²) in [6, 6.07) is 5.38. The molecule has 2 aromatic heterocycles. The van der Waals surface area contributed by atoms with Gasteiger partial charge in [0.1, 0.15) is 4.21 Å². The number of hydrogen-bond acceptors (Lipinski definition) is 6. The first-order valence-corrected chi connectivity index (χ1v) is 11.6. The Morgan fingerprint density at radius 1 is 1.39 bits per heavy atom. The van der Waals surface area contributed by atoms with Gasteiger partial charge in [-0.1, -0.05) is 0 Å². The first-order chi connectivity index (χ1) is 13.4. The molecule has 9 heteroatoms. The minimum absolute atomic E-state index is 0.0123. The van der Waals surface area contributed by atoms with Crippen LogP contribution in [-0.4, -0.2) is 49.4 Å². The van der Waals surface area contributed by atoms with E-state index in [4.69, 9.17) is 4.74 Å². The zero-order chi connectivity index (χ0) is 19.7. The van der Waals surface area contributed by atoms with Crippen molar-refractivity contribution in [1.82, 2.24) is 9.29 Å². The molecule has 4 heterocycles. The molecule has 7 nitrogen and oxygen atoms in total. The van der Waals surface area contributed by atoms with Gasteiger partial charge in [0.05, 0.1) is 30.5 Å². The number of ether oxygens (including phenoxy) is 1. The smallest absolute Gasteiger partial charge is 0.252 e. The quantitative estimate of drug-likeness (QED) is 0.819. The van der Waals surface area contributed by atoms with E-state index in [1.807, 2.05) is 13.0 Å². The summed E-state index contributed by atoms with van der Waals surface area (Å²) in [5.74, 6) is -0.393. The average molecular weight is 422 g/mol. The Morgan fingerprint density at radius 3 is 2.96 bits per heavy atom. The highest BCUT2D eigenvalue weighted by atomic mass is 32.2. The standard InChI is InChI=1S/C19H23N3O4S2/c1-13-5-8-27-19(13)28(24,25)22-7-4-17-14(11-22)9-15(12-26-17)18(23)21-16-3-2-6-20-10-16/h2-3,5-6,8,10,14-15,17H,4,7,9,11-12H2,1H3,(H,21,23)/t14-,15-,17+/m0/s1. The maximum Gasteiger partial charge on any atom is 0.252 e.